The summed E-state index contributed by atoms with van der Waals surface area (Å²) < 4.78 is 41.1. The third-order valence-corrected chi connectivity index (χ3v) is 4.71. The predicted molar refractivity (Wildman–Crippen MR) is 132 cm³/mol. The van der Waals surface area contributed by atoms with Gasteiger partial charge < -0.3 is 20.3 Å². The Bertz CT molecular complexity index is 608. The van der Waals surface area contributed by atoms with Crippen LogP contribution in [0, 0.1) is 0 Å². The molecule has 2 N–H and O–H groups in total. The summed E-state index contributed by atoms with van der Waals surface area (Å²) in [5.74, 6) is 0.769. The lowest BCUT2D eigenvalue weighted by atomic mass is 10.1. The Morgan fingerprint density at radius 2 is 1.71 bits per heavy atom. The molecule has 1 atom stereocenters. The molecule has 180 valence electrons. The quantitative estimate of drug-likeness (QED) is 0.205. The van der Waals surface area contributed by atoms with Gasteiger partial charge in [-0.05, 0) is 57.5 Å². The van der Waals surface area contributed by atoms with Gasteiger partial charge in [-0.3, -0.25) is 0 Å². The number of benzene rings is 1. The monoisotopic (exact) mass is 558 g/mol. The van der Waals surface area contributed by atoms with Gasteiger partial charge in [0.25, 0.3) is 0 Å². The molecule has 5 nitrogen and oxygen atoms in total. The van der Waals surface area contributed by atoms with E-state index in [0.717, 1.165) is 50.5 Å². The molecule has 31 heavy (non-hydrogen) atoms. The van der Waals surface area contributed by atoms with E-state index >= 15 is 0 Å². The number of halogens is 4. The maximum Gasteiger partial charge on any atom is 0.411 e. The number of rotatable bonds is 13. The molecule has 0 bridgehead atoms. The van der Waals surface area contributed by atoms with Gasteiger partial charge in [0.05, 0.1) is 13.2 Å². The van der Waals surface area contributed by atoms with E-state index < -0.39 is 12.8 Å². The minimum absolute atomic E-state index is 0. The van der Waals surface area contributed by atoms with E-state index in [9.17, 15) is 13.2 Å². The average molecular weight is 558 g/mol. The second-order valence-corrected chi connectivity index (χ2v) is 7.33. The first-order chi connectivity index (χ1) is 14.3. The molecule has 0 radical (unpaired) electrons. The first-order valence-electron chi connectivity index (χ1n) is 10.8. The van der Waals surface area contributed by atoms with Crippen LogP contribution in [0.2, 0.25) is 0 Å². The molecule has 0 heterocycles. The number of hydrogen-bond acceptors (Lipinski definition) is 3. The second-order valence-electron chi connectivity index (χ2n) is 7.33. The summed E-state index contributed by atoms with van der Waals surface area (Å²) in [5, 5.41) is 6.71. The lowest BCUT2D eigenvalue weighted by Gasteiger charge is -2.21. The van der Waals surface area contributed by atoms with Gasteiger partial charge in [0.1, 0.15) is 6.61 Å². The Hall–Kier alpha value is -1.07. The standard InChI is InChI=1S/C22H37F3N4O.HI/c1-5-26-21(28-18(4)9-8-14-29(6-2)7-3)27-15-19-10-12-20(13-11-19)16-30-17-22(23,24)25;/h10-13,18H,5-9,14-17H2,1-4H3,(H2,26,27,28);1H. The molecule has 1 aromatic rings. The lowest BCUT2D eigenvalue weighted by Crippen LogP contribution is -2.42. The summed E-state index contributed by atoms with van der Waals surface area (Å²) in [6.45, 7) is 11.8. The largest absolute Gasteiger partial charge is 0.411 e. The van der Waals surface area contributed by atoms with Gasteiger partial charge >= 0.3 is 6.18 Å². The summed E-state index contributed by atoms with van der Waals surface area (Å²) in [7, 11) is 0. The van der Waals surface area contributed by atoms with Crippen molar-refractivity contribution < 1.29 is 17.9 Å². The number of ether oxygens (including phenoxy) is 1. The van der Waals surface area contributed by atoms with E-state index in [1.54, 1.807) is 12.1 Å². The van der Waals surface area contributed by atoms with Crippen LogP contribution < -0.4 is 10.6 Å². The fraction of sp³-hybridized carbons (Fsp3) is 0.682. The van der Waals surface area contributed by atoms with Gasteiger partial charge in [-0.2, -0.15) is 13.2 Å². The SMILES string of the molecule is CCNC(=NCc1ccc(COCC(F)(F)F)cc1)NC(C)CCCN(CC)CC.I. The number of nitrogens with zero attached hydrogens (tertiary/aromatic N) is 2. The van der Waals surface area contributed by atoms with E-state index in [0.29, 0.717) is 18.2 Å². The van der Waals surface area contributed by atoms with Crippen LogP contribution in [0.25, 0.3) is 0 Å². The molecule has 1 unspecified atom stereocenters. The molecule has 9 heteroatoms. The van der Waals surface area contributed by atoms with Gasteiger partial charge in [-0.15, -0.1) is 24.0 Å². The normalized spacial score (nSPS) is 13.1. The van der Waals surface area contributed by atoms with Crippen LogP contribution in [0.5, 0.6) is 0 Å². The van der Waals surface area contributed by atoms with Crippen molar-refractivity contribution in [2.75, 3.05) is 32.8 Å². The van der Waals surface area contributed by atoms with E-state index in [1.807, 2.05) is 19.1 Å². The van der Waals surface area contributed by atoms with Gasteiger partial charge in [0.2, 0.25) is 0 Å². The second kappa shape index (κ2) is 16.5. The third kappa shape index (κ3) is 14.6. The van der Waals surface area contributed by atoms with Crippen molar-refractivity contribution in [3.8, 4) is 0 Å². The van der Waals surface area contributed by atoms with Crippen LogP contribution in [0.4, 0.5) is 13.2 Å². The molecular weight excluding hydrogens is 520 g/mol. The highest BCUT2D eigenvalue weighted by Gasteiger charge is 2.27. The van der Waals surface area contributed by atoms with Gasteiger partial charge in [0.15, 0.2) is 5.96 Å². The summed E-state index contributed by atoms with van der Waals surface area (Å²) in [6.07, 6.45) is -2.10. The Morgan fingerprint density at radius 1 is 1.10 bits per heavy atom. The van der Waals surface area contributed by atoms with Crippen molar-refractivity contribution in [1.29, 1.82) is 0 Å². The van der Waals surface area contributed by atoms with Crippen LogP contribution >= 0.6 is 24.0 Å². The third-order valence-electron chi connectivity index (χ3n) is 4.71. The Morgan fingerprint density at radius 3 is 2.26 bits per heavy atom. The molecule has 0 spiro atoms. The van der Waals surface area contributed by atoms with Gasteiger partial charge in [-0.1, -0.05) is 38.1 Å². The summed E-state index contributed by atoms with van der Waals surface area (Å²) in [6, 6.07) is 7.60. The fourth-order valence-corrected chi connectivity index (χ4v) is 2.98. The summed E-state index contributed by atoms with van der Waals surface area (Å²) in [5.41, 5.74) is 1.69. The molecule has 1 aromatic carbocycles. The molecule has 0 aliphatic heterocycles. The van der Waals surface area contributed by atoms with E-state index in [4.69, 9.17) is 0 Å². The Kier molecular flexibility index (Phi) is 16.0. The van der Waals surface area contributed by atoms with Crippen LogP contribution in [-0.2, 0) is 17.9 Å². The van der Waals surface area contributed by atoms with Gasteiger partial charge in [-0.25, -0.2) is 4.99 Å². The minimum atomic E-state index is -4.30. The number of hydrogen-bond donors (Lipinski definition) is 2. The molecule has 0 saturated heterocycles. The molecular formula is C22H38F3IN4O. The molecule has 0 amide bonds. The zero-order valence-electron chi connectivity index (χ0n) is 19.1. The molecule has 0 fully saturated rings. The first-order valence-corrected chi connectivity index (χ1v) is 10.8. The molecule has 0 aliphatic rings. The van der Waals surface area contributed by atoms with Crippen LogP contribution in [0.1, 0.15) is 51.7 Å². The van der Waals surface area contributed by atoms with Crippen molar-refractivity contribution in [3.63, 3.8) is 0 Å². The van der Waals surface area contributed by atoms with E-state index in [-0.39, 0.29) is 30.6 Å². The Labute approximate surface area is 202 Å². The molecule has 0 aliphatic carbocycles. The van der Waals surface area contributed by atoms with Crippen molar-refractivity contribution in [1.82, 2.24) is 15.5 Å². The van der Waals surface area contributed by atoms with Crippen molar-refractivity contribution in [2.45, 2.75) is 65.9 Å². The predicted octanol–water partition coefficient (Wildman–Crippen LogP) is 4.95. The first kappa shape index (κ1) is 29.9. The number of nitrogens with one attached hydrogen (secondary N) is 2. The Balaban J connectivity index is 0.00000900. The maximum atomic E-state index is 12.1. The molecule has 0 aromatic heterocycles. The smallest absolute Gasteiger partial charge is 0.367 e. The maximum absolute atomic E-state index is 12.1. The molecule has 0 saturated carbocycles. The van der Waals surface area contributed by atoms with Crippen molar-refractivity contribution in [3.05, 3.63) is 35.4 Å². The molecule has 1 rings (SSSR count). The highest BCUT2D eigenvalue weighted by atomic mass is 127. The van der Waals surface area contributed by atoms with Crippen molar-refractivity contribution in [2.24, 2.45) is 4.99 Å². The number of alkyl halides is 3. The zero-order chi connectivity index (χ0) is 22.4. The van der Waals surface area contributed by atoms with Crippen LogP contribution in [0.15, 0.2) is 29.3 Å². The highest BCUT2D eigenvalue weighted by molar-refractivity contribution is 14.0. The van der Waals surface area contributed by atoms with Crippen LogP contribution in [-0.4, -0.2) is 55.9 Å². The zero-order valence-corrected chi connectivity index (χ0v) is 21.4. The lowest BCUT2D eigenvalue weighted by molar-refractivity contribution is -0.176. The summed E-state index contributed by atoms with van der Waals surface area (Å²) >= 11 is 0. The van der Waals surface area contributed by atoms with E-state index in [1.165, 1.54) is 0 Å². The minimum Gasteiger partial charge on any atom is -0.367 e. The summed E-state index contributed by atoms with van der Waals surface area (Å²) in [4.78, 5) is 7.05. The average Bonchev–Trinajstić information content (AvgIpc) is 2.69. The number of guanidine groups is 1. The number of aliphatic imine (C=N–C) groups is 1. The fourth-order valence-electron chi connectivity index (χ4n) is 2.98. The van der Waals surface area contributed by atoms with E-state index in [2.05, 4.69) is 46.0 Å². The van der Waals surface area contributed by atoms with Gasteiger partial charge in [0, 0.05) is 12.6 Å². The topological polar surface area (TPSA) is 48.9 Å². The van der Waals surface area contributed by atoms with Crippen molar-refractivity contribution >= 4 is 29.9 Å². The highest BCUT2D eigenvalue weighted by Crippen LogP contribution is 2.16. The van der Waals surface area contributed by atoms with Crippen LogP contribution in [0.3, 0.4) is 0 Å².